The number of amides is 1. The van der Waals surface area contributed by atoms with Crippen LogP contribution in [0.2, 0.25) is 0 Å². The summed E-state index contributed by atoms with van der Waals surface area (Å²) in [6.07, 6.45) is 5.38. The first-order valence-corrected chi connectivity index (χ1v) is 8.29. The van der Waals surface area contributed by atoms with Gasteiger partial charge in [-0.25, -0.2) is 9.97 Å². The summed E-state index contributed by atoms with van der Waals surface area (Å²) < 4.78 is 10.8. The van der Waals surface area contributed by atoms with Crippen molar-refractivity contribution in [2.75, 3.05) is 30.9 Å². The summed E-state index contributed by atoms with van der Waals surface area (Å²) in [6.45, 7) is 3.46. The molecule has 1 aliphatic heterocycles. The number of rotatable bonds is 6. The lowest BCUT2D eigenvalue weighted by Gasteiger charge is -2.12. The average molecular weight is 342 g/mol. The highest BCUT2D eigenvalue weighted by Crippen LogP contribution is 2.25. The van der Waals surface area contributed by atoms with Gasteiger partial charge < -0.3 is 20.1 Å². The predicted molar refractivity (Wildman–Crippen MR) is 95.2 cm³/mol. The molecule has 132 valence electrons. The first-order valence-electron chi connectivity index (χ1n) is 8.29. The van der Waals surface area contributed by atoms with E-state index in [9.17, 15) is 4.79 Å². The number of nitrogens with zero attached hydrogens (tertiary/aromatic N) is 2. The molecule has 1 aromatic heterocycles. The normalized spacial score (nSPS) is 16.5. The molecule has 2 aromatic rings. The molecule has 1 fully saturated rings. The predicted octanol–water partition coefficient (Wildman–Crippen LogP) is 2.64. The van der Waals surface area contributed by atoms with Crippen molar-refractivity contribution >= 4 is 17.4 Å². The number of carbonyl (C=O) groups excluding carboxylic acids is 1. The smallest absolute Gasteiger partial charge is 0.275 e. The number of anilines is 2. The Morgan fingerprint density at radius 2 is 2.24 bits per heavy atom. The van der Waals surface area contributed by atoms with Crippen LogP contribution in [-0.2, 0) is 4.74 Å². The molecule has 2 N–H and O–H groups in total. The molecule has 0 bridgehead atoms. The van der Waals surface area contributed by atoms with E-state index in [0.29, 0.717) is 23.8 Å². The molecule has 7 heteroatoms. The van der Waals surface area contributed by atoms with Crippen molar-refractivity contribution in [3.63, 3.8) is 0 Å². The fraction of sp³-hybridized carbons (Fsp3) is 0.389. The molecule has 0 aliphatic carbocycles. The lowest BCUT2D eigenvalue weighted by molar-refractivity contribution is 0.102. The van der Waals surface area contributed by atoms with E-state index in [2.05, 4.69) is 20.6 Å². The molecular weight excluding hydrogens is 320 g/mol. The Kier molecular flexibility index (Phi) is 5.45. The fourth-order valence-electron chi connectivity index (χ4n) is 2.67. The number of benzene rings is 1. The monoisotopic (exact) mass is 342 g/mol. The van der Waals surface area contributed by atoms with Gasteiger partial charge in [-0.15, -0.1) is 0 Å². The maximum atomic E-state index is 12.4. The van der Waals surface area contributed by atoms with Gasteiger partial charge in [-0.3, -0.25) is 4.79 Å². The highest BCUT2D eigenvalue weighted by atomic mass is 16.5. The largest absolute Gasteiger partial charge is 0.495 e. The van der Waals surface area contributed by atoms with Crippen LogP contribution in [-0.4, -0.2) is 42.2 Å². The molecule has 1 atom stereocenters. The third-order valence-electron chi connectivity index (χ3n) is 4.02. The van der Waals surface area contributed by atoms with Crippen molar-refractivity contribution in [3.05, 3.63) is 41.9 Å². The van der Waals surface area contributed by atoms with Gasteiger partial charge in [0, 0.05) is 13.2 Å². The molecule has 1 aromatic carbocycles. The summed E-state index contributed by atoms with van der Waals surface area (Å²) in [7, 11) is 1.56. The van der Waals surface area contributed by atoms with Crippen LogP contribution in [0.4, 0.5) is 11.5 Å². The standard InChI is InChI=1S/C18H22N4O3/c1-12-5-6-16(24-2)14(8-12)22-18(23)15-10-21-17(11-19-15)20-9-13-4-3-7-25-13/h5-6,8,10-11,13H,3-4,7,9H2,1-2H3,(H,20,21)(H,22,23). The van der Waals surface area contributed by atoms with Crippen LogP contribution in [0.25, 0.3) is 0 Å². The molecule has 3 rings (SSSR count). The van der Waals surface area contributed by atoms with Crippen molar-refractivity contribution in [2.24, 2.45) is 0 Å². The fourth-order valence-corrected chi connectivity index (χ4v) is 2.67. The SMILES string of the molecule is COc1ccc(C)cc1NC(=O)c1cnc(NCC2CCCO2)cn1. The van der Waals surface area contributed by atoms with Crippen LogP contribution in [0.3, 0.4) is 0 Å². The highest BCUT2D eigenvalue weighted by Gasteiger charge is 2.16. The molecule has 0 spiro atoms. The van der Waals surface area contributed by atoms with E-state index in [4.69, 9.17) is 9.47 Å². The molecule has 2 heterocycles. The van der Waals surface area contributed by atoms with E-state index in [1.807, 2.05) is 25.1 Å². The number of ether oxygens (including phenoxy) is 2. The van der Waals surface area contributed by atoms with E-state index < -0.39 is 0 Å². The highest BCUT2D eigenvalue weighted by molar-refractivity contribution is 6.03. The molecule has 1 amide bonds. The maximum absolute atomic E-state index is 12.4. The van der Waals surface area contributed by atoms with Crippen LogP contribution in [0.1, 0.15) is 28.9 Å². The van der Waals surface area contributed by atoms with Gasteiger partial charge in [0.05, 0.1) is 31.3 Å². The van der Waals surface area contributed by atoms with Gasteiger partial charge in [-0.1, -0.05) is 6.07 Å². The van der Waals surface area contributed by atoms with Gasteiger partial charge in [-0.05, 0) is 37.5 Å². The number of aryl methyl sites for hydroxylation is 1. The topological polar surface area (TPSA) is 85.4 Å². The van der Waals surface area contributed by atoms with Gasteiger partial charge in [0.25, 0.3) is 5.91 Å². The first kappa shape index (κ1) is 17.2. The molecule has 25 heavy (non-hydrogen) atoms. The third kappa shape index (κ3) is 4.45. The number of hydrogen-bond donors (Lipinski definition) is 2. The minimum Gasteiger partial charge on any atom is -0.495 e. The van der Waals surface area contributed by atoms with E-state index in [0.717, 1.165) is 25.0 Å². The van der Waals surface area contributed by atoms with Gasteiger partial charge in [0.15, 0.2) is 0 Å². The second-order valence-corrected chi connectivity index (χ2v) is 5.96. The molecule has 1 unspecified atom stereocenters. The van der Waals surface area contributed by atoms with E-state index in [1.165, 1.54) is 6.20 Å². The van der Waals surface area contributed by atoms with Crippen molar-refractivity contribution in [1.82, 2.24) is 9.97 Å². The average Bonchev–Trinajstić information content (AvgIpc) is 3.14. The van der Waals surface area contributed by atoms with Crippen LogP contribution in [0, 0.1) is 6.92 Å². The van der Waals surface area contributed by atoms with Crippen molar-refractivity contribution in [2.45, 2.75) is 25.9 Å². The van der Waals surface area contributed by atoms with Gasteiger partial charge in [-0.2, -0.15) is 0 Å². The zero-order valence-electron chi connectivity index (χ0n) is 14.4. The number of hydrogen-bond acceptors (Lipinski definition) is 6. The Hall–Kier alpha value is -2.67. The first-order chi connectivity index (χ1) is 12.2. The second kappa shape index (κ2) is 7.94. The van der Waals surface area contributed by atoms with Crippen LogP contribution < -0.4 is 15.4 Å². The number of methoxy groups -OCH3 is 1. The molecule has 0 saturated carbocycles. The van der Waals surface area contributed by atoms with Gasteiger partial charge >= 0.3 is 0 Å². The zero-order valence-corrected chi connectivity index (χ0v) is 14.4. The summed E-state index contributed by atoms with van der Waals surface area (Å²) in [5.74, 6) is 0.893. The van der Waals surface area contributed by atoms with Crippen LogP contribution >= 0.6 is 0 Å². The second-order valence-electron chi connectivity index (χ2n) is 5.96. The van der Waals surface area contributed by atoms with Crippen LogP contribution in [0.5, 0.6) is 5.75 Å². The number of carbonyl (C=O) groups is 1. The molecule has 1 saturated heterocycles. The quantitative estimate of drug-likeness (QED) is 0.839. The summed E-state index contributed by atoms with van der Waals surface area (Å²) in [5, 5.41) is 5.99. The molecular formula is C18H22N4O3. The minimum atomic E-state index is -0.331. The van der Waals surface area contributed by atoms with Crippen molar-refractivity contribution < 1.29 is 14.3 Å². The third-order valence-corrected chi connectivity index (χ3v) is 4.02. The van der Waals surface area contributed by atoms with Gasteiger partial charge in [0.2, 0.25) is 0 Å². The van der Waals surface area contributed by atoms with Crippen molar-refractivity contribution in [3.8, 4) is 5.75 Å². The number of nitrogens with one attached hydrogen (secondary N) is 2. The lowest BCUT2D eigenvalue weighted by Crippen LogP contribution is -2.19. The maximum Gasteiger partial charge on any atom is 0.275 e. The molecule has 0 radical (unpaired) electrons. The Morgan fingerprint density at radius 3 is 2.92 bits per heavy atom. The summed E-state index contributed by atoms with van der Waals surface area (Å²) >= 11 is 0. The Labute approximate surface area is 146 Å². The Morgan fingerprint density at radius 1 is 1.36 bits per heavy atom. The minimum absolute atomic E-state index is 0.221. The van der Waals surface area contributed by atoms with E-state index in [-0.39, 0.29) is 17.7 Å². The summed E-state index contributed by atoms with van der Waals surface area (Å²) in [4.78, 5) is 20.8. The van der Waals surface area contributed by atoms with Crippen LogP contribution in [0.15, 0.2) is 30.6 Å². The Balaban J connectivity index is 1.61. The lowest BCUT2D eigenvalue weighted by atomic mass is 10.2. The van der Waals surface area contributed by atoms with E-state index in [1.54, 1.807) is 13.3 Å². The Bertz CT molecular complexity index is 728. The zero-order chi connectivity index (χ0) is 17.6. The van der Waals surface area contributed by atoms with Gasteiger partial charge in [0.1, 0.15) is 17.3 Å². The summed E-state index contributed by atoms with van der Waals surface area (Å²) in [6, 6.07) is 5.58. The van der Waals surface area contributed by atoms with E-state index >= 15 is 0 Å². The van der Waals surface area contributed by atoms with Crippen molar-refractivity contribution in [1.29, 1.82) is 0 Å². The number of aromatic nitrogens is 2. The summed E-state index contributed by atoms with van der Waals surface area (Å²) in [5.41, 5.74) is 1.87. The molecule has 7 nitrogen and oxygen atoms in total. The molecule has 1 aliphatic rings.